The smallest absolute Gasteiger partial charge is 0.352 e. The van der Waals surface area contributed by atoms with Gasteiger partial charge in [-0.25, -0.2) is 9.78 Å². The number of aryl methyl sites for hydroxylation is 1. The van der Waals surface area contributed by atoms with Crippen LogP contribution in [-0.2, 0) is 16.9 Å². The summed E-state index contributed by atoms with van der Waals surface area (Å²) in [5.41, 5.74) is 6.82. The Balaban J connectivity index is 1.72. The fourth-order valence-electron chi connectivity index (χ4n) is 4.01. The Morgan fingerprint density at radius 2 is 1.33 bits per heavy atom. The normalized spacial score (nSPS) is 12.4. The van der Waals surface area contributed by atoms with Crippen LogP contribution in [0.15, 0.2) is 95.8 Å². The number of rotatable bonds is 8. The third-order valence-corrected chi connectivity index (χ3v) is 5.53. The van der Waals surface area contributed by atoms with Gasteiger partial charge in [-0.3, -0.25) is 4.57 Å². The summed E-state index contributed by atoms with van der Waals surface area (Å²) in [5, 5.41) is 10.9. The molecule has 3 N–H and O–H groups in total. The van der Waals surface area contributed by atoms with E-state index in [1.165, 1.54) is 4.57 Å². The molecule has 0 saturated heterocycles. The zero-order valence-electron chi connectivity index (χ0n) is 18.3. The Kier molecular flexibility index (Phi) is 6.63. The molecule has 7 nitrogen and oxygen atoms in total. The fourth-order valence-corrected chi connectivity index (χ4v) is 4.01. The largest absolute Gasteiger partial charge is 0.389 e. The summed E-state index contributed by atoms with van der Waals surface area (Å²) in [6.07, 6.45) is -0.982. The number of hydrogen-bond acceptors (Lipinski definition) is 6. The molecule has 0 amide bonds. The quantitative estimate of drug-likeness (QED) is 0.407. The van der Waals surface area contributed by atoms with Crippen LogP contribution in [-0.4, -0.2) is 32.4 Å². The lowest BCUT2D eigenvalue weighted by Gasteiger charge is -2.36. The van der Waals surface area contributed by atoms with E-state index in [0.29, 0.717) is 5.82 Å². The number of aromatic nitrogens is 3. The van der Waals surface area contributed by atoms with Crippen molar-refractivity contribution in [3.63, 3.8) is 0 Å². The molecule has 0 bridgehead atoms. The van der Waals surface area contributed by atoms with E-state index >= 15 is 0 Å². The van der Waals surface area contributed by atoms with E-state index in [9.17, 15) is 9.90 Å². The van der Waals surface area contributed by atoms with Crippen LogP contribution < -0.4 is 11.4 Å². The molecule has 1 atom stereocenters. The fraction of sp³-hybridized carbons (Fsp3) is 0.192. The molecule has 0 spiro atoms. The van der Waals surface area contributed by atoms with Gasteiger partial charge in [0.1, 0.15) is 11.4 Å². The number of aliphatic hydroxyl groups is 1. The van der Waals surface area contributed by atoms with E-state index in [1.54, 1.807) is 6.92 Å². The number of hydrogen-bond donors (Lipinski definition) is 2. The molecule has 0 aliphatic heterocycles. The number of nitrogens with zero attached hydrogens (tertiary/aromatic N) is 3. The molecule has 1 aromatic heterocycles. The molecule has 33 heavy (non-hydrogen) atoms. The van der Waals surface area contributed by atoms with Crippen LogP contribution in [0.25, 0.3) is 0 Å². The summed E-state index contributed by atoms with van der Waals surface area (Å²) in [4.78, 5) is 19.9. The molecule has 168 valence electrons. The molecule has 0 unspecified atom stereocenters. The first kappa shape index (κ1) is 22.4. The van der Waals surface area contributed by atoms with E-state index in [0.717, 1.165) is 16.7 Å². The summed E-state index contributed by atoms with van der Waals surface area (Å²) in [5.74, 6) is 0.294. The van der Waals surface area contributed by atoms with Gasteiger partial charge in [0.25, 0.3) is 0 Å². The van der Waals surface area contributed by atoms with Gasteiger partial charge in [-0.05, 0) is 23.6 Å². The summed E-state index contributed by atoms with van der Waals surface area (Å²) in [6.45, 7) is 1.60. The lowest BCUT2D eigenvalue weighted by atomic mass is 9.80. The van der Waals surface area contributed by atoms with Crippen molar-refractivity contribution < 1.29 is 9.84 Å². The highest BCUT2D eigenvalue weighted by Crippen LogP contribution is 2.40. The predicted octanol–water partition coefficient (Wildman–Crippen LogP) is 2.90. The van der Waals surface area contributed by atoms with E-state index in [1.807, 2.05) is 91.0 Å². The number of benzene rings is 3. The number of anilines is 1. The van der Waals surface area contributed by atoms with Gasteiger partial charge in [0.2, 0.25) is 5.95 Å². The van der Waals surface area contributed by atoms with Crippen LogP contribution in [0.2, 0.25) is 0 Å². The topological polar surface area (TPSA) is 103 Å². The van der Waals surface area contributed by atoms with E-state index in [-0.39, 0.29) is 19.1 Å². The van der Waals surface area contributed by atoms with Gasteiger partial charge in [-0.2, -0.15) is 4.98 Å². The van der Waals surface area contributed by atoms with Crippen molar-refractivity contribution in [3.05, 3.63) is 124 Å². The van der Waals surface area contributed by atoms with Gasteiger partial charge in [-0.15, -0.1) is 0 Å². The first-order valence-corrected chi connectivity index (χ1v) is 10.7. The first-order valence-electron chi connectivity index (χ1n) is 10.7. The Morgan fingerprint density at radius 1 is 0.879 bits per heavy atom. The van der Waals surface area contributed by atoms with Gasteiger partial charge < -0.3 is 15.6 Å². The highest BCUT2D eigenvalue weighted by atomic mass is 16.5. The summed E-state index contributed by atoms with van der Waals surface area (Å²) >= 11 is 0. The average Bonchev–Trinajstić information content (AvgIpc) is 2.84. The van der Waals surface area contributed by atoms with Gasteiger partial charge in [0, 0.05) is 0 Å². The molecule has 1 heterocycles. The first-order chi connectivity index (χ1) is 16.0. The minimum Gasteiger partial charge on any atom is -0.389 e. The molecule has 4 rings (SSSR count). The molecule has 0 aliphatic rings. The molecule has 0 radical (unpaired) electrons. The Bertz CT molecular complexity index is 1150. The lowest BCUT2D eigenvalue weighted by Crippen LogP contribution is -2.38. The maximum absolute atomic E-state index is 12.2. The van der Waals surface area contributed by atoms with Gasteiger partial charge >= 0.3 is 5.69 Å². The Labute approximate surface area is 192 Å². The molecule has 4 aromatic rings. The molecular formula is C26H26N4O3. The summed E-state index contributed by atoms with van der Waals surface area (Å²) in [7, 11) is 0. The van der Waals surface area contributed by atoms with Gasteiger partial charge in [-0.1, -0.05) is 91.0 Å². The van der Waals surface area contributed by atoms with Crippen LogP contribution in [0.1, 0.15) is 22.5 Å². The molecule has 3 aromatic carbocycles. The van der Waals surface area contributed by atoms with E-state index < -0.39 is 17.4 Å². The van der Waals surface area contributed by atoms with Crippen LogP contribution in [0.4, 0.5) is 5.95 Å². The van der Waals surface area contributed by atoms with Crippen molar-refractivity contribution in [2.45, 2.75) is 25.2 Å². The second-order valence-electron chi connectivity index (χ2n) is 7.77. The second-order valence-corrected chi connectivity index (χ2v) is 7.77. The van der Waals surface area contributed by atoms with Gasteiger partial charge in [0.05, 0.1) is 19.3 Å². The van der Waals surface area contributed by atoms with Crippen molar-refractivity contribution in [3.8, 4) is 0 Å². The Morgan fingerprint density at radius 3 is 1.76 bits per heavy atom. The molecule has 7 heteroatoms. The number of ether oxygens (including phenoxy) is 1. The molecule has 0 fully saturated rings. The van der Waals surface area contributed by atoms with Crippen molar-refractivity contribution >= 4 is 5.95 Å². The monoisotopic (exact) mass is 442 g/mol. The Hall–Kier alpha value is -3.81. The number of nitrogens with two attached hydrogens (primary N) is 1. The zero-order valence-corrected chi connectivity index (χ0v) is 18.3. The van der Waals surface area contributed by atoms with Gasteiger partial charge in [0.15, 0.2) is 0 Å². The third kappa shape index (κ3) is 4.69. The second kappa shape index (κ2) is 9.77. The number of nitrogen functional groups attached to an aromatic ring is 1. The van der Waals surface area contributed by atoms with E-state index in [4.69, 9.17) is 10.5 Å². The van der Waals surface area contributed by atoms with Crippen LogP contribution in [0.5, 0.6) is 0 Å². The standard InChI is InChI=1S/C26H26N4O3/c1-19-28-24(27)29-25(32)30(19)17-23(31)18-33-26(20-11-5-2-6-12-20,21-13-7-3-8-14-21)22-15-9-4-10-16-22/h2-16,23,31H,17-18H2,1H3,(H2,27,29,32)/t23-/m0/s1. The van der Waals surface area contributed by atoms with Crippen LogP contribution in [0, 0.1) is 6.92 Å². The SMILES string of the molecule is Cc1nc(N)nc(=O)n1C[C@H](O)COC(c1ccccc1)(c1ccccc1)c1ccccc1. The molecular weight excluding hydrogens is 416 g/mol. The van der Waals surface area contributed by atoms with Crippen LogP contribution in [0.3, 0.4) is 0 Å². The predicted molar refractivity (Wildman–Crippen MR) is 127 cm³/mol. The highest BCUT2D eigenvalue weighted by Gasteiger charge is 2.38. The minimum absolute atomic E-state index is 0.0145. The van der Waals surface area contributed by atoms with Crippen molar-refractivity contribution in [2.75, 3.05) is 12.3 Å². The highest BCUT2D eigenvalue weighted by molar-refractivity contribution is 5.47. The molecule has 0 saturated carbocycles. The van der Waals surface area contributed by atoms with E-state index in [2.05, 4.69) is 9.97 Å². The maximum atomic E-state index is 12.2. The minimum atomic E-state index is -0.982. The van der Waals surface area contributed by atoms with Crippen molar-refractivity contribution in [1.82, 2.24) is 14.5 Å². The van der Waals surface area contributed by atoms with Crippen molar-refractivity contribution in [2.24, 2.45) is 0 Å². The average molecular weight is 443 g/mol. The third-order valence-electron chi connectivity index (χ3n) is 5.53. The number of aliphatic hydroxyl groups excluding tert-OH is 1. The van der Waals surface area contributed by atoms with Crippen LogP contribution >= 0.6 is 0 Å². The maximum Gasteiger partial charge on any atom is 0.352 e. The summed E-state index contributed by atoms with van der Waals surface area (Å²) < 4.78 is 7.89. The lowest BCUT2D eigenvalue weighted by molar-refractivity contribution is -0.0428. The zero-order chi connectivity index (χ0) is 23.3. The summed E-state index contributed by atoms with van der Waals surface area (Å²) in [6, 6.07) is 29.7. The molecule has 0 aliphatic carbocycles. The van der Waals surface area contributed by atoms with Crippen molar-refractivity contribution in [1.29, 1.82) is 0 Å².